The Morgan fingerprint density at radius 2 is 2.30 bits per heavy atom. The molecule has 0 amide bonds. The molecule has 0 spiro atoms. The molecule has 0 saturated carbocycles. The highest BCUT2D eigenvalue weighted by molar-refractivity contribution is 6.29. The molecular weight excluding hydrogens is 320 g/mol. The van der Waals surface area contributed by atoms with E-state index in [4.69, 9.17) is 21.1 Å². The minimum absolute atomic E-state index is 0.0974. The van der Waals surface area contributed by atoms with Gasteiger partial charge < -0.3 is 14.4 Å². The average Bonchev–Trinajstić information content (AvgIpc) is 3.00. The van der Waals surface area contributed by atoms with Crippen molar-refractivity contribution in [2.24, 2.45) is 7.05 Å². The molecule has 2 aromatic rings. The number of aryl methyl sites for hydroxylation is 1. The van der Waals surface area contributed by atoms with Crippen molar-refractivity contribution in [3.8, 4) is 0 Å². The SMILES string of the molecule is COC(=O)c1cc(Cl)nc(N2CCOC(c3cnn(C)c3)C2)c1. The quantitative estimate of drug-likeness (QED) is 0.629. The fourth-order valence-electron chi connectivity index (χ4n) is 2.55. The second kappa shape index (κ2) is 6.55. The lowest BCUT2D eigenvalue weighted by atomic mass is 10.1. The van der Waals surface area contributed by atoms with E-state index in [1.807, 2.05) is 18.1 Å². The molecular formula is C15H17ClN4O3. The van der Waals surface area contributed by atoms with Crippen LogP contribution in [-0.4, -0.2) is 47.5 Å². The molecule has 122 valence electrons. The van der Waals surface area contributed by atoms with Crippen LogP contribution in [0.2, 0.25) is 5.15 Å². The first-order chi connectivity index (χ1) is 11.1. The Balaban J connectivity index is 1.83. The minimum atomic E-state index is -0.437. The van der Waals surface area contributed by atoms with E-state index in [0.717, 1.165) is 5.56 Å². The minimum Gasteiger partial charge on any atom is -0.465 e. The molecule has 1 aliphatic rings. The van der Waals surface area contributed by atoms with Gasteiger partial charge in [-0.3, -0.25) is 4.68 Å². The third-order valence-corrected chi connectivity index (χ3v) is 3.88. The third kappa shape index (κ3) is 3.46. The van der Waals surface area contributed by atoms with Crippen molar-refractivity contribution in [2.75, 3.05) is 31.7 Å². The molecule has 1 aliphatic heterocycles. The molecule has 1 saturated heterocycles. The van der Waals surface area contributed by atoms with Gasteiger partial charge in [-0.15, -0.1) is 0 Å². The fraction of sp³-hybridized carbons (Fsp3) is 0.400. The number of aromatic nitrogens is 3. The number of methoxy groups -OCH3 is 1. The number of morpholine rings is 1. The number of carbonyl (C=O) groups is 1. The highest BCUT2D eigenvalue weighted by atomic mass is 35.5. The van der Waals surface area contributed by atoms with E-state index in [1.54, 1.807) is 16.9 Å². The van der Waals surface area contributed by atoms with Crippen molar-refractivity contribution >= 4 is 23.4 Å². The van der Waals surface area contributed by atoms with E-state index in [1.165, 1.54) is 13.2 Å². The summed E-state index contributed by atoms with van der Waals surface area (Å²) in [6, 6.07) is 3.18. The molecule has 0 N–H and O–H groups in total. The van der Waals surface area contributed by atoms with Crippen LogP contribution in [0, 0.1) is 0 Å². The van der Waals surface area contributed by atoms with E-state index < -0.39 is 5.97 Å². The molecule has 0 aliphatic carbocycles. The number of rotatable bonds is 3. The molecule has 3 rings (SSSR count). The number of halogens is 1. The van der Waals surface area contributed by atoms with Crippen molar-refractivity contribution in [2.45, 2.75) is 6.10 Å². The van der Waals surface area contributed by atoms with E-state index in [0.29, 0.717) is 31.1 Å². The smallest absolute Gasteiger partial charge is 0.338 e. The Hall–Kier alpha value is -2.12. The molecule has 23 heavy (non-hydrogen) atoms. The Morgan fingerprint density at radius 3 is 3.00 bits per heavy atom. The molecule has 1 atom stereocenters. The van der Waals surface area contributed by atoms with E-state index in [-0.39, 0.29) is 11.3 Å². The molecule has 0 aromatic carbocycles. The Kier molecular flexibility index (Phi) is 4.49. The number of nitrogens with zero attached hydrogens (tertiary/aromatic N) is 4. The monoisotopic (exact) mass is 336 g/mol. The maximum atomic E-state index is 11.7. The zero-order valence-corrected chi connectivity index (χ0v) is 13.7. The zero-order valence-electron chi connectivity index (χ0n) is 12.9. The van der Waals surface area contributed by atoms with Gasteiger partial charge in [-0.1, -0.05) is 11.6 Å². The summed E-state index contributed by atoms with van der Waals surface area (Å²) in [5.41, 5.74) is 1.39. The molecule has 0 bridgehead atoms. The summed E-state index contributed by atoms with van der Waals surface area (Å²) in [4.78, 5) is 18.1. The van der Waals surface area contributed by atoms with Crippen molar-refractivity contribution in [3.05, 3.63) is 40.8 Å². The molecule has 2 aromatic heterocycles. The second-order valence-electron chi connectivity index (χ2n) is 5.28. The summed E-state index contributed by atoms with van der Waals surface area (Å²) in [6.07, 6.45) is 3.62. The highest BCUT2D eigenvalue weighted by Crippen LogP contribution is 2.26. The van der Waals surface area contributed by atoms with Crippen LogP contribution in [0.3, 0.4) is 0 Å². The van der Waals surface area contributed by atoms with Crippen molar-refractivity contribution in [1.82, 2.24) is 14.8 Å². The number of hydrogen-bond donors (Lipinski definition) is 0. The van der Waals surface area contributed by atoms with Crippen LogP contribution in [0.15, 0.2) is 24.5 Å². The largest absolute Gasteiger partial charge is 0.465 e. The van der Waals surface area contributed by atoms with E-state index in [2.05, 4.69) is 10.1 Å². The summed E-state index contributed by atoms with van der Waals surface area (Å²) in [5, 5.41) is 4.43. The number of anilines is 1. The molecule has 1 unspecified atom stereocenters. The maximum absolute atomic E-state index is 11.7. The van der Waals surface area contributed by atoms with Crippen LogP contribution in [0.5, 0.6) is 0 Å². The van der Waals surface area contributed by atoms with Gasteiger partial charge in [-0.2, -0.15) is 5.10 Å². The van der Waals surface area contributed by atoms with Gasteiger partial charge in [-0.25, -0.2) is 9.78 Å². The Bertz CT molecular complexity index is 718. The lowest BCUT2D eigenvalue weighted by Gasteiger charge is -2.33. The van der Waals surface area contributed by atoms with Crippen LogP contribution in [0.25, 0.3) is 0 Å². The van der Waals surface area contributed by atoms with Crippen molar-refractivity contribution in [3.63, 3.8) is 0 Å². The number of hydrogen-bond acceptors (Lipinski definition) is 6. The zero-order chi connectivity index (χ0) is 16.4. The van der Waals surface area contributed by atoms with Crippen LogP contribution < -0.4 is 4.90 Å². The number of esters is 1. The van der Waals surface area contributed by atoms with Crippen molar-refractivity contribution < 1.29 is 14.3 Å². The van der Waals surface area contributed by atoms with Gasteiger partial charge in [0, 0.05) is 31.9 Å². The predicted molar refractivity (Wildman–Crippen MR) is 84.7 cm³/mol. The molecule has 8 heteroatoms. The first-order valence-electron chi connectivity index (χ1n) is 7.18. The standard InChI is InChI=1S/C15H17ClN4O3/c1-19-8-11(7-17-19)12-9-20(3-4-23-12)14-6-10(15(21)22-2)5-13(16)18-14/h5-8,12H,3-4,9H2,1-2H3. The van der Waals surface area contributed by atoms with Gasteiger partial charge in [0.15, 0.2) is 0 Å². The van der Waals surface area contributed by atoms with Gasteiger partial charge >= 0.3 is 5.97 Å². The second-order valence-corrected chi connectivity index (χ2v) is 5.67. The number of carbonyl (C=O) groups excluding carboxylic acids is 1. The molecule has 1 fully saturated rings. The van der Waals surface area contributed by atoms with Crippen LogP contribution in [0.1, 0.15) is 22.0 Å². The Morgan fingerprint density at radius 1 is 1.48 bits per heavy atom. The normalized spacial score (nSPS) is 18.0. The lowest BCUT2D eigenvalue weighted by Crippen LogP contribution is -2.38. The van der Waals surface area contributed by atoms with Crippen LogP contribution >= 0.6 is 11.6 Å². The summed E-state index contributed by atoms with van der Waals surface area (Å²) >= 11 is 6.04. The maximum Gasteiger partial charge on any atom is 0.338 e. The van der Waals surface area contributed by atoms with Gasteiger partial charge in [0.2, 0.25) is 0 Å². The van der Waals surface area contributed by atoms with Gasteiger partial charge in [0.25, 0.3) is 0 Å². The van der Waals surface area contributed by atoms with Crippen LogP contribution in [-0.2, 0) is 16.5 Å². The first kappa shape index (κ1) is 15.8. The van der Waals surface area contributed by atoms with Gasteiger partial charge in [0.05, 0.1) is 25.5 Å². The first-order valence-corrected chi connectivity index (χ1v) is 7.55. The third-order valence-electron chi connectivity index (χ3n) is 3.69. The van der Waals surface area contributed by atoms with Crippen molar-refractivity contribution in [1.29, 1.82) is 0 Å². The fourth-order valence-corrected chi connectivity index (χ4v) is 2.75. The average molecular weight is 337 g/mol. The van der Waals surface area contributed by atoms with Gasteiger partial charge in [0.1, 0.15) is 17.1 Å². The van der Waals surface area contributed by atoms with E-state index in [9.17, 15) is 4.79 Å². The Labute approximate surface area is 138 Å². The summed E-state index contributed by atoms with van der Waals surface area (Å²) in [5.74, 6) is 0.197. The molecule has 3 heterocycles. The number of pyridine rings is 1. The topological polar surface area (TPSA) is 69.5 Å². The van der Waals surface area contributed by atoms with E-state index >= 15 is 0 Å². The predicted octanol–water partition coefficient (Wildman–Crippen LogP) is 1.83. The van der Waals surface area contributed by atoms with Gasteiger partial charge in [-0.05, 0) is 12.1 Å². The lowest BCUT2D eigenvalue weighted by molar-refractivity contribution is 0.0395. The molecule has 7 nitrogen and oxygen atoms in total. The highest BCUT2D eigenvalue weighted by Gasteiger charge is 2.25. The summed E-state index contributed by atoms with van der Waals surface area (Å²) in [6.45, 7) is 1.84. The molecule has 0 radical (unpaired) electrons. The summed E-state index contributed by atoms with van der Waals surface area (Å²) < 4.78 is 12.3. The number of ether oxygens (including phenoxy) is 2. The summed E-state index contributed by atoms with van der Waals surface area (Å²) in [7, 11) is 3.20. The van der Waals surface area contributed by atoms with Crippen LogP contribution in [0.4, 0.5) is 5.82 Å².